The smallest absolute Gasteiger partial charge is 0.414 e. The lowest BCUT2D eigenvalue weighted by Crippen LogP contribution is -2.30. The van der Waals surface area contributed by atoms with Crippen LogP contribution in [-0.4, -0.2) is 34.1 Å². The Labute approximate surface area is 134 Å². The maximum atomic E-state index is 13.4. The lowest BCUT2D eigenvalue weighted by Gasteiger charge is -2.27. The van der Waals surface area contributed by atoms with Crippen molar-refractivity contribution in [1.29, 1.82) is 0 Å². The lowest BCUT2D eigenvalue weighted by molar-refractivity contribution is -0.157. The summed E-state index contributed by atoms with van der Waals surface area (Å²) >= 11 is 0. The van der Waals surface area contributed by atoms with Crippen LogP contribution in [0.25, 0.3) is 5.70 Å². The van der Waals surface area contributed by atoms with Crippen LogP contribution in [0.2, 0.25) is 0 Å². The number of anilines is 1. The van der Waals surface area contributed by atoms with Gasteiger partial charge in [-0.3, -0.25) is 0 Å². The molecule has 0 bridgehead atoms. The molecule has 2 aromatic rings. The highest BCUT2D eigenvalue weighted by Crippen LogP contribution is 2.40. The molecule has 0 aliphatic carbocycles. The number of carbonyl (C=O) groups is 1. The standard InChI is InChI=1S/C15H12F3N3O3/c1-24-9-4-2-3-8(5-9)11-6-12(15(16,17)18)21-13(20-11)10(7-19-21)14(22)23/h2-7,12,20H,1H3,(H,22,23). The Morgan fingerprint density at radius 3 is 2.79 bits per heavy atom. The third-order valence-electron chi connectivity index (χ3n) is 3.58. The first-order valence-corrected chi connectivity index (χ1v) is 6.82. The van der Waals surface area contributed by atoms with Gasteiger partial charge in [0.1, 0.15) is 17.1 Å². The number of fused-ring (bicyclic) bond motifs is 1. The Bertz CT molecular complexity index is 827. The van der Waals surface area contributed by atoms with Crippen LogP contribution in [0.4, 0.5) is 19.0 Å². The van der Waals surface area contributed by atoms with Crippen molar-refractivity contribution in [2.45, 2.75) is 12.2 Å². The van der Waals surface area contributed by atoms with E-state index in [4.69, 9.17) is 9.84 Å². The molecule has 1 atom stereocenters. The zero-order valence-corrected chi connectivity index (χ0v) is 12.3. The topological polar surface area (TPSA) is 76.4 Å². The molecule has 0 spiro atoms. The highest BCUT2D eigenvalue weighted by molar-refractivity contribution is 5.96. The molecular formula is C15H12F3N3O3. The monoisotopic (exact) mass is 339 g/mol. The molecule has 9 heteroatoms. The number of carboxylic acid groups (broad SMARTS) is 1. The predicted molar refractivity (Wildman–Crippen MR) is 78.9 cm³/mol. The van der Waals surface area contributed by atoms with Gasteiger partial charge in [-0.25, -0.2) is 9.48 Å². The van der Waals surface area contributed by atoms with Crippen molar-refractivity contribution in [3.8, 4) is 5.75 Å². The Kier molecular flexibility index (Phi) is 3.70. The summed E-state index contributed by atoms with van der Waals surface area (Å²) in [6, 6.07) is 4.37. The van der Waals surface area contributed by atoms with Gasteiger partial charge >= 0.3 is 12.1 Å². The van der Waals surface area contributed by atoms with E-state index in [9.17, 15) is 18.0 Å². The molecule has 0 fully saturated rings. The fourth-order valence-corrected chi connectivity index (χ4v) is 2.44. The molecule has 0 radical (unpaired) electrons. The molecule has 1 aromatic heterocycles. The second-order valence-corrected chi connectivity index (χ2v) is 5.08. The fourth-order valence-electron chi connectivity index (χ4n) is 2.44. The zero-order chi connectivity index (χ0) is 17.5. The number of nitrogens with zero attached hydrogens (tertiary/aromatic N) is 2. The Morgan fingerprint density at radius 1 is 1.42 bits per heavy atom. The number of halogens is 3. The molecule has 2 N–H and O–H groups in total. The van der Waals surface area contributed by atoms with Crippen molar-refractivity contribution in [3.63, 3.8) is 0 Å². The van der Waals surface area contributed by atoms with Crippen LogP contribution in [0.1, 0.15) is 22.0 Å². The van der Waals surface area contributed by atoms with Gasteiger partial charge in [-0.05, 0) is 18.2 Å². The molecular weight excluding hydrogens is 327 g/mol. The number of hydrogen-bond donors (Lipinski definition) is 2. The third kappa shape index (κ3) is 2.68. The summed E-state index contributed by atoms with van der Waals surface area (Å²) < 4.78 is 45.8. The van der Waals surface area contributed by atoms with Gasteiger partial charge in [0.05, 0.1) is 13.3 Å². The number of aromatic carboxylic acids is 1. The lowest BCUT2D eigenvalue weighted by atomic mass is 10.1. The number of aromatic nitrogens is 2. The quantitative estimate of drug-likeness (QED) is 0.898. The summed E-state index contributed by atoms with van der Waals surface area (Å²) in [7, 11) is 1.44. The van der Waals surface area contributed by atoms with Crippen LogP contribution < -0.4 is 10.1 Å². The van der Waals surface area contributed by atoms with E-state index in [1.165, 1.54) is 7.11 Å². The van der Waals surface area contributed by atoms with E-state index in [2.05, 4.69) is 10.4 Å². The fraction of sp³-hybridized carbons (Fsp3) is 0.200. The molecule has 0 saturated heterocycles. The van der Waals surface area contributed by atoms with Gasteiger partial charge in [-0.2, -0.15) is 18.3 Å². The molecule has 0 saturated carbocycles. The minimum absolute atomic E-state index is 0.131. The maximum absolute atomic E-state index is 13.4. The number of allylic oxidation sites excluding steroid dienone is 1. The van der Waals surface area contributed by atoms with E-state index in [1.807, 2.05) is 0 Å². The number of alkyl halides is 3. The molecule has 2 heterocycles. The summed E-state index contributed by atoms with van der Waals surface area (Å²) in [5.41, 5.74) is 0.233. The normalized spacial score (nSPS) is 16.8. The number of rotatable bonds is 3. The van der Waals surface area contributed by atoms with E-state index < -0.39 is 18.2 Å². The van der Waals surface area contributed by atoms with E-state index in [0.717, 1.165) is 12.3 Å². The summed E-state index contributed by atoms with van der Waals surface area (Å²) in [6.07, 6.45) is -2.77. The van der Waals surface area contributed by atoms with Gasteiger partial charge in [0.25, 0.3) is 0 Å². The number of ether oxygens (including phenoxy) is 1. The average molecular weight is 339 g/mol. The van der Waals surface area contributed by atoms with Crippen molar-refractivity contribution < 1.29 is 27.8 Å². The van der Waals surface area contributed by atoms with Crippen molar-refractivity contribution >= 4 is 17.5 Å². The van der Waals surface area contributed by atoms with Crippen molar-refractivity contribution in [2.24, 2.45) is 0 Å². The molecule has 1 aromatic carbocycles. The summed E-state index contributed by atoms with van der Waals surface area (Å²) in [5.74, 6) is -1.11. The Balaban J connectivity index is 2.12. The highest BCUT2D eigenvalue weighted by atomic mass is 19.4. The maximum Gasteiger partial charge on any atom is 0.414 e. The van der Waals surface area contributed by atoms with Crippen LogP contribution in [0.3, 0.4) is 0 Å². The largest absolute Gasteiger partial charge is 0.497 e. The minimum atomic E-state index is -4.62. The molecule has 6 nitrogen and oxygen atoms in total. The first-order chi connectivity index (χ1) is 11.3. The van der Waals surface area contributed by atoms with Gasteiger partial charge in [0, 0.05) is 11.3 Å². The van der Waals surface area contributed by atoms with Gasteiger partial charge in [-0.1, -0.05) is 12.1 Å². The second kappa shape index (κ2) is 5.59. The molecule has 24 heavy (non-hydrogen) atoms. The average Bonchev–Trinajstić information content (AvgIpc) is 2.97. The van der Waals surface area contributed by atoms with E-state index >= 15 is 0 Å². The zero-order valence-electron chi connectivity index (χ0n) is 12.3. The highest BCUT2D eigenvalue weighted by Gasteiger charge is 2.44. The van der Waals surface area contributed by atoms with Crippen molar-refractivity contribution in [2.75, 3.05) is 12.4 Å². The molecule has 1 unspecified atom stereocenters. The minimum Gasteiger partial charge on any atom is -0.497 e. The van der Waals surface area contributed by atoms with Crippen LogP contribution in [-0.2, 0) is 0 Å². The number of nitrogens with one attached hydrogen (secondary N) is 1. The van der Waals surface area contributed by atoms with E-state index in [-0.39, 0.29) is 17.1 Å². The number of carboxylic acids is 1. The number of benzene rings is 1. The molecule has 0 amide bonds. The first kappa shape index (κ1) is 15.9. The van der Waals surface area contributed by atoms with Crippen molar-refractivity contribution in [1.82, 2.24) is 9.78 Å². The first-order valence-electron chi connectivity index (χ1n) is 6.82. The summed E-state index contributed by atoms with van der Waals surface area (Å²) in [4.78, 5) is 11.2. The molecule has 1 aliphatic heterocycles. The van der Waals surface area contributed by atoms with Crippen LogP contribution in [0.5, 0.6) is 5.75 Å². The summed E-state index contributed by atoms with van der Waals surface area (Å²) in [5, 5.41) is 15.4. The van der Waals surface area contributed by atoms with Crippen LogP contribution in [0, 0.1) is 0 Å². The van der Waals surface area contributed by atoms with E-state index in [1.54, 1.807) is 24.3 Å². The Morgan fingerprint density at radius 2 is 2.17 bits per heavy atom. The number of methoxy groups -OCH3 is 1. The third-order valence-corrected chi connectivity index (χ3v) is 3.58. The number of hydrogen-bond acceptors (Lipinski definition) is 4. The summed E-state index contributed by atoms with van der Waals surface area (Å²) in [6.45, 7) is 0. The Hall–Kier alpha value is -2.97. The second-order valence-electron chi connectivity index (χ2n) is 5.08. The van der Waals surface area contributed by atoms with E-state index in [0.29, 0.717) is 16.0 Å². The van der Waals surface area contributed by atoms with Gasteiger partial charge in [-0.15, -0.1) is 0 Å². The van der Waals surface area contributed by atoms with Crippen molar-refractivity contribution in [3.05, 3.63) is 47.7 Å². The molecule has 3 rings (SSSR count). The van der Waals surface area contributed by atoms with Crippen LogP contribution in [0.15, 0.2) is 36.5 Å². The van der Waals surface area contributed by atoms with Gasteiger partial charge in [0.2, 0.25) is 0 Å². The van der Waals surface area contributed by atoms with Crippen LogP contribution >= 0.6 is 0 Å². The molecule has 126 valence electrons. The van der Waals surface area contributed by atoms with Gasteiger partial charge in [0.15, 0.2) is 6.04 Å². The molecule has 1 aliphatic rings. The van der Waals surface area contributed by atoms with Gasteiger partial charge < -0.3 is 15.2 Å². The predicted octanol–water partition coefficient (Wildman–Crippen LogP) is 3.16. The SMILES string of the molecule is COc1cccc(C2=CC(C(F)(F)F)n3ncc(C(=O)O)c3N2)c1.